The Kier molecular flexibility index (Phi) is 3.15. The number of aliphatic hydroxyl groups excluding tert-OH is 1. The van der Waals surface area contributed by atoms with Crippen molar-refractivity contribution in [3.05, 3.63) is 42.7 Å². The van der Waals surface area contributed by atoms with E-state index in [2.05, 4.69) is 9.55 Å². The summed E-state index contributed by atoms with van der Waals surface area (Å²) < 4.78 is 2.06. The largest absolute Gasteiger partial charge is 0.396 e. The number of hydrogen-bond donors (Lipinski definition) is 1. The Morgan fingerprint density at radius 3 is 2.73 bits per heavy atom. The summed E-state index contributed by atoms with van der Waals surface area (Å²) in [6, 6.07) is 10.1. The molecule has 3 nitrogen and oxygen atoms in total. The van der Waals surface area contributed by atoms with Crippen LogP contribution in [0.3, 0.4) is 0 Å². The highest BCUT2D eigenvalue weighted by atomic mass is 16.3. The van der Waals surface area contributed by atoms with Crippen molar-refractivity contribution in [1.82, 2.24) is 9.55 Å². The maximum Gasteiger partial charge on any atom is 0.139 e. The zero-order valence-corrected chi connectivity index (χ0v) is 8.50. The number of aryl methyl sites for hydroxylation is 1. The fraction of sp³-hybridized carbons (Fsp3) is 0.250. The Balaban J connectivity index is 2.25. The first-order valence-corrected chi connectivity index (χ1v) is 5.09. The fourth-order valence-corrected chi connectivity index (χ4v) is 1.58. The summed E-state index contributed by atoms with van der Waals surface area (Å²) >= 11 is 0. The summed E-state index contributed by atoms with van der Waals surface area (Å²) in [5, 5.41) is 8.79. The molecule has 0 aliphatic carbocycles. The van der Waals surface area contributed by atoms with Crippen LogP contribution in [0.4, 0.5) is 0 Å². The second-order valence-electron chi connectivity index (χ2n) is 3.39. The first kappa shape index (κ1) is 9.93. The molecule has 0 aliphatic rings. The second kappa shape index (κ2) is 4.75. The Morgan fingerprint density at radius 1 is 1.20 bits per heavy atom. The highest BCUT2D eigenvalue weighted by molar-refractivity contribution is 5.54. The highest BCUT2D eigenvalue weighted by Crippen LogP contribution is 2.16. The van der Waals surface area contributed by atoms with Gasteiger partial charge in [-0.05, 0) is 6.42 Å². The van der Waals surface area contributed by atoms with Crippen LogP contribution in [0.15, 0.2) is 42.7 Å². The van der Waals surface area contributed by atoms with Gasteiger partial charge < -0.3 is 9.67 Å². The minimum atomic E-state index is 0.215. The van der Waals surface area contributed by atoms with Crippen LogP contribution >= 0.6 is 0 Å². The molecular weight excluding hydrogens is 188 g/mol. The van der Waals surface area contributed by atoms with E-state index >= 15 is 0 Å². The quantitative estimate of drug-likeness (QED) is 0.822. The first-order chi connectivity index (χ1) is 7.42. The van der Waals surface area contributed by atoms with Crippen LogP contribution in [0.5, 0.6) is 0 Å². The topological polar surface area (TPSA) is 38.0 Å². The van der Waals surface area contributed by atoms with Crippen LogP contribution in [0.1, 0.15) is 6.42 Å². The maximum atomic E-state index is 8.79. The smallest absolute Gasteiger partial charge is 0.139 e. The molecule has 2 aromatic rings. The summed E-state index contributed by atoms with van der Waals surface area (Å²) in [4.78, 5) is 4.32. The van der Waals surface area contributed by atoms with Gasteiger partial charge >= 0.3 is 0 Å². The molecule has 1 heterocycles. The van der Waals surface area contributed by atoms with Gasteiger partial charge in [-0.15, -0.1) is 0 Å². The highest BCUT2D eigenvalue weighted by Gasteiger charge is 2.03. The molecule has 15 heavy (non-hydrogen) atoms. The molecule has 0 bridgehead atoms. The molecule has 0 unspecified atom stereocenters. The van der Waals surface area contributed by atoms with Crippen molar-refractivity contribution in [1.29, 1.82) is 0 Å². The zero-order valence-electron chi connectivity index (χ0n) is 8.50. The lowest BCUT2D eigenvalue weighted by molar-refractivity contribution is 0.280. The average Bonchev–Trinajstić information content (AvgIpc) is 2.75. The SMILES string of the molecule is OCCCn1ccnc1-c1ccccc1. The second-order valence-corrected chi connectivity index (χ2v) is 3.39. The summed E-state index contributed by atoms with van der Waals surface area (Å²) in [5.74, 6) is 0.962. The Labute approximate surface area is 89.0 Å². The van der Waals surface area contributed by atoms with Gasteiger partial charge in [0, 0.05) is 31.1 Å². The number of rotatable bonds is 4. The number of hydrogen-bond acceptors (Lipinski definition) is 2. The van der Waals surface area contributed by atoms with Crippen molar-refractivity contribution >= 4 is 0 Å². The molecule has 78 valence electrons. The average molecular weight is 202 g/mol. The van der Waals surface area contributed by atoms with Crippen LogP contribution in [0.25, 0.3) is 11.4 Å². The van der Waals surface area contributed by atoms with Gasteiger partial charge in [0.1, 0.15) is 5.82 Å². The van der Waals surface area contributed by atoms with Gasteiger partial charge in [0.2, 0.25) is 0 Å². The molecule has 1 aromatic heterocycles. The van der Waals surface area contributed by atoms with Crippen LogP contribution in [0, 0.1) is 0 Å². The van der Waals surface area contributed by atoms with Gasteiger partial charge in [0.25, 0.3) is 0 Å². The van der Waals surface area contributed by atoms with E-state index in [4.69, 9.17) is 5.11 Å². The van der Waals surface area contributed by atoms with E-state index in [1.165, 1.54) is 0 Å². The molecular formula is C12H14N2O. The maximum absolute atomic E-state index is 8.79. The number of benzene rings is 1. The van der Waals surface area contributed by atoms with Gasteiger partial charge in [-0.1, -0.05) is 30.3 Å². The molecule has 0 spiro atoms. The van der Waals surface area contributed by atoms with Crippen molar-refractivity contribution in [2.75, 3.05) is 6.61 Å². The van der Waals surface area contributed by atoms with Crippen LogP contribution in [-0.2, 0) is 6.54 Å². The summed E-state index contributed by atoms with van der Waals surface area (Å²) in [7, 11) is 0. The molecule has 3 heteroatoms. The molecule has 1 aromatic carbocycles. The van der Waals surface area contributed by atoms with E-state index in [9.17, 15) is 0 Å². The molecule has 0 saturated carbocycles. The Hall–Kier alpha value is -1.61. The Bertz CT molecular complexity index is 409. The number of aromatic nitrogens is 2. The van der Waals surface area contributed by atoms with Crippen molar-refractivity contribution in [2.24, 2.45) is 0 Å². The molecule has 0 aliphatic heterocycles. The molecule has 1 N–H and O–H groups in total. The molecule has 2 rings (SSSR count). The summed E-state index contributed by atoms with van der Waals surface area (Å²) in [5.41, 5.74) is 1.11. The van der Waals surface area contributed by atoms with Crippen molar-refractivity contribution in [3.63, 3.8) is 0 Å². The summed E-state index contributed by atoms with van der Waals surface area (Å²) in [6.07, 6.45) is 4.49. The normalized spacial score (nSPS) is 10.5. The number of nitrogens with zero attached hydrogens (tertiary/aromatic N) is 2. The monoisotopic (exact) mass is 202 g/mol. The van der Waals surface area contributed by atoms with E-state index < -0.39 is 0 Å². The molecule has 0 radical (unpaired) electrons. The van der Waals surface area contributed by atoms with E-state index in [-0.39, 0.29) is 6.61 Å². The third-order valence-corrected chi connectivity index (χ3v) is 2.30. The molecule has 0 amide bonds. The lowest BCUT2D eigenvalue weighted by atomic mass is 10.2. The fourth-order valence-electron chi connectivity index (χ4n) is 1.58. The minimum absolute atomic E-state index is 0.215. The standard InChI is InChI=1S/C12H14N2O/c15-10-4-8-14-9-7-13-12(14)11-5-2-1-3-6-11/h1-3,5-7,9,15H,4,8,10H2. The van der Waals surface area contributed by atoms with Gasteiger partial charge in [-0.25, -0.2) is 4.98 Å². The van der Waals surface area contributed by atoms with Gasteiger partial charge in [0.05, 0.1) is 0 Å². The van der Waals surface area contributed by atoms with Crippen LogP contribution in [0.2, 0.25) is 0 Å². The van der Waals surface area contributed by atoms with Crippen LogP contribution in [-0.4, -0.2) is 21.3 Å². The van der Waals surface area contributed by atoms with E-state index in [0.717, 1.165) is 24.4 Å². The zero-order chi connectivity index (χ0) is 10.5. The third kappa shape index (κ3) is 2.25. The molecule has 0 fully saturated rings. The van der Waals surface area contributed by atoms with Gasteiger partial charge in [0.15, 0.2) is 0 Å². The van der Waals surface area contributed by atoms with Crippen molar-refractivity contribution in [3.8, 4) is 11.4 Å². The number of imidazole rings is 1. The first-order valence-electron chi connectivity index (χ1n) is 5.09. The molecule has 0 atom stereocenters. The number of aliphatic hydroxyl groups is 1. The van der Waals surface area contributed by atoms with Crippen molar-refractivity contribution < 1.29 is 5.11 Å². The minimum Gasteiger partial charge on any atom is -0.396 e. The van der Waals surface area contributed by atoms with Gasteiger partial charge in [-0.2, -0.15) is 0 Å². The van der Waals surface area contributed by atoms with Gasteiger partial charge in [-0.3, -0.25) is 0 Å². The van der Waals surface area contributed by atoms with Crippen LogP contribution < -0.4 is 0 Å². The van der Waals surface area contributed by atoms with E-state index in [0.29, 0.717) is 0 Å². The van der Waals surface area contributed by atoms with Crippen molar-refractivity contribution in [2.45, 2.75) is 13.0 Å². The summed E-state index contributed by atoms with van der Waals surface area (Å²) in [6.45, 7) is 1.02. The Morgan fingerprint density at radius 2 is 2.00 bits per heavy atom. The van der Waals surface area contributed by atoms with E-state index in [1.54, 1.807) is 6.20 Å². The van der Waals surface area contributed by atoms with E-state index in [1.807, 2.05) is 36.5 Å². The third-order valence-electron chi connectivity index (χ3n) is 2.30. The lowest BCUT2D eigenvalue weighted by Crippen LogP contribution is -2.01. The predicted octanol–water partition coefficient (Wildman–Crippen LogP) is 1.93. The lowest BCUT2D eigenvalue weighted by Gasteiger charge is -2.06. The predicted molar refractivity (Wildman–Crippen MR) is 59.4 cm³/mol. The molecule has 0 saturated heterocycles.